The number of amides is 3. The zero-order valence-corrected chi connectivity index (χ0v) is 15.3. The minimum atomic E-state index is -0.718. The van der Waals surface area contributed by atoms with Crippen molar-refractivity contribution in [3.8, 4) is 11.5 Å². The predicted molar refractivity (Wildman–Crippen MR) is 95.9 cm³/mol. The van der Waals surface area contributed by atoms with Crippen molar-refractivity contribution in [2.24, 2.45) is 5.92 Å². The van der Waals surface area contributed by atoms with Crippen LogP contribution in [0.15, 0.2) is 24.3 Å². The zero-order valence-electron chi connectivity index (χ0n) is 15.3. The van der Waals surface area contributed by atoms with Gasteiger partial charge in [-0.15, -0.1) is 0 Å². The number of carbonyl (C=O) groups is 3. The monoisotopic (exact) mass is 364 g/mol. The second kappa shape index (κ2) is 10.8. The maximum Gasteiger partial charge on any atom is 0.331 e. The smallest absolute Gasteiger partial charge is 0.331 e. The lowest BCUT2D eigenvalue weighted by Crippen LogP contribution is -2.42. The number of rotatable bonds is 8. The molecule has 0 unspecified atom stereocenters. The van der Waals surface area contributed by atoms with Crippen LogP contribution in [0, 0.1) is 5.92 Å². The summed E-state index contributed by atoms with van der Waals surface area (Å²) in [4.78, 5) is 34.6. The molecule has 0 aromatic heterocycles. The highest BCUT2D eigenvalue weighted by atomic mass is 16.5. The number of nitrogens with one attached hydrogen (secondary N) is 2. The summed E-state index contributed by atoms with van der Waals surface area (Å²) in [7, 11) is 3.04. The molecule has 0 radical (unpaired) electrons. The Kier molecular flexibility index (Phi) is 8.69. The topological polar surface area (TPSA) is 103 Å². The molecule has 1 aromatic rings. The molecule has 0 fully saturated rings. The maximum atomic E-state index is 11.7. The molecule has 0 saturated heterocycles. The Hall–Kier alpha value is -3.03. The molecule has 0 atom stereocenters. The number of hydrogen-bond acceptors (Lipinski definition) is 6. The third-order valence-electron chi connectivity index (χ3n) is 3.05. The van der Waals surface area contributed by atoms with Crippen molar-refractivity contribution >= 4 is 24.0 Å². The number of hydrogen-bond donors (Lipinski definition) is 2. The molecule has 3 amide bonds. The van der Waals surface area contributed by atoms with Gasteiger partial charge in [-0.25, -0.2) is 9.59 Å². The summed E-state index contributed by atoms with van der Waals surface area (Å²) in [6.07, 6.45) is 2.67. The third kappa shape index (κ3) is 8.18. The van der Waals surface area contributed by atoms with E-state index in [9.17, 15) is 14.4 Å². The van der Waals surface area contributed by atoms with Gasteiger partial charge in [-0.05, 0) is 29.7 Å². The molecule has 0 heterocycles. The van der Waals surface area contributed by atoms with Crippen molar-refractivity contribution in [3.63, 3.8) is 0 Å². The van der Waals surface area contributed by atoms with Gasteiger partial charge >= 0.3 is 12.0 Å². The van der Waals surface area contributed by atoms with E-state index in [0.717, 1.165) is 0 Å². The highest BCUT2D eigenvalue weighted by Crippen LogP contribution is 2.23. The number of esters is 1. The molecule has 1 aromatic carbocycles. The Balaban J connectivity index is 2.47. The van der Waals surface area contributed by atoms with Crippen LogP contribution in [-0.2, 0) is 14.3 Å². The Morgan fingerprint density at radius 1 is 1.08 bits per heavy atom. The van der Waals surface area contributed by atoms with E-state index in [4.69, 9.17) is 14.2 Å². The molecule has 26 heavy (non-hydrogen) atoms. The van der Waals surface area contributed by atoms with Crippen LogP contribution < -0.4 is 20.1 Å². The normalized spacial score (nSPS) is 10.5. The van der Waals surface area contributed by atoms with E-state index in [1.165, 1.54) is 26.4 Å². The van der Waals surface area contributed by atoms with Crippen molar-refractivity contribution < 1.29 is 28.6 Å². The minimum absolute atomic E-state index is 0.258. The third-order valence-corrected chi connectivity index (χ3v) is 3.05. The van der Waals surface area contributed by atoms with Crippen molar-refractivity contribution in [3.05, 3.63) is 29.8 Å². The first-order valence-corrected chi connectivity index (χ1v) is 7.99. The summed E-state index contributed by atoms with van der Waals surface area (Å²) >= 11 is 0. The first-order chi connectivity index (χ1) is 12.3. The average molecular weight is 364 g/mol. The summed E-state index contributed by atoms with van der Waals surface area (Å²) in [5, 5.41) is 4.59. The molecule has 2 N–H and O–H groups in total. The fourth-order valence-corrected chi connectivity index (χ4v) is 1.78. The summed E-state index contributed by atoms with van der Waals surface area (Å²) in [5.41, 5.74) is 0.663. The molecule has 8 nitrogen and oxygen atoms in total. The van der Waals surface area contributed by atoms with Crippen molar-refractivity contribution in [1.82, 2.24) is 10.6 Å². The van der Waals surface area contributed by atoms with Gasteiger partial charge < -0.3 is 19.5 Å². The fourth-order valence-electron chi connectivity index (χ4n) is 1.78. The summed E-state index contributed by atoms with van der Waals surface area (Å²) < 4.78 is 15.1. The molecule has 0 saturated carbocycles. The van der Waals surface area contributed by atoms with Gasteiger partial charge in [0.25, 0.3) is 5.91 Å². The molecular weight excluding hydrogens is 340 g/mol. The van der Waals surface area contributed by atoms with Crippen molar-refractivity contribution in [2.75, 3.05) is 27.4 Å². The highest BCUT2D eigenvalue weighted by Gasteiger charge is 2.10. The summed E-state index contributed by atoms with van der Waals surface area (Å²) in [6.45, 7) is 3.73. The van der Waals surface area contributed by atoms with E-state index < -0.39 is 24.5 Å². The predicted octanol–water partition coefficient (Wildman–Crippen LogP) is 1.74. The van der Waals surface area contributed by atoms with Gasteiger partial charge in [-0.1, -0.05) is 13.8 Å². The number of imide groups is 1. The lowest BCUT2D eigenvalue weighted by molar-refractivity contribution is -0.143. The SMILES string of the molecule is COc1cc(/C=C/C(=O)OCC(=O)NC(=O)NCC(C)C)cc(OC)c1. The van der Waals surface area contributed by atoms with Crippen LogP contribution in [0.1, 0.15) is 19.4 Å². The zero-order chi connectivity index (χ0) is 19.5. The minimum Gasteiger partial charge on any atom is -0.497 e. The van der Waals surface area contributed by atoms with Gasteiger partial charge in [0.1, 0.15) is 11.5 Å². The van der Waals surface area contributed by atoms with Gasteiger partial charge in [0.05, 0.1) is 14.2 Å². The van der Waals surface area contributed by atoms with Crippen LogP contribution in [0.25, 0.3) is 6.08 Å². The van der Waals surface area contributed by atoms with Gasteiger partial charge in [-0.2, -0.15) is 0 Å². The van der Waals surface area contributed by atoms with Crippen LogP contribution in [0.2, 0.25) is 0 Å². The van der Waals surface area contributed by atoms with Gasteiger partial charge in [-0.3, -0.25) is 10.1 Å². The molecule has 0 spiro atoms. The standard InChI is InChI=1S/C18H24N2O6/c1-12(2)10-19-18(23)20-16(21)11-26-17(22)6-5-13-7-14(24-3)9-15(8-13)25-4/h5-9,12H,10-11H2,1-4H3,(H2,19,20,21,23)/b6-5+. The molecule has 8 heteroatoms. The molecule has 0 aliphatic carbocycles. The van der Waals surface area contributed by atoms with E-state index >= 15 is 0 Å². The Morgan fingerprint density at radius 2 is 1.69 bits per heavy atom. The fraction of sp³-hybridized carbons (Fsp3) is 0.389. The Labute approximate surface area is 152 Å². The lowest BCUT2D eigenvalue weighted by atomic mass is 10.2. The number of urea groups is 1. The number of ether oxygens (including phenoxy) is 3. The van der Waals surface area contributed by atoms with Crippen LogP contribution in [0.5, 0.6) is 11.5 Å². The van der Waals surface area contributed by atoms with E-state index in [2.05, 4.69) is 10.6 Å². The van der Waals surface area contributed by atoms with Crippen LogP contribution in [-0.4, -0.2) is 45.3 Å². The van der Waals surface area contributed by atoms with Gasteiger partial charge in [0.2, 0.25) is 0 Å². The average Bonchev–Trinajstić information content (AvgIpc) is 2.62. The quantitative estimate of drug-likeness (QED) is 0.538. The van der Waals surface area contributed by atoms with E-state index in [1.807, 2.05) is 13.8 Å². The van der Waals surface area contributed by atoms with Crippen LogP contribution in [0.4, 0.5) is 4.79 Å². The number of carbonyl (C=O) groups excluding carboxylic acids is 3. The molecule has 0 bridgehead atoms. The highest BCUT2D eigenvalue weighted by molar-refractivity contribution is 5.96. The first kappa shape index (κ1) is 21.0. The van der Waals surface area contributed by atoms with Crippen molar-refractivity contribution in [1.29, 1.82) is 0 Å². The van der Waals surface area contributed by atoms with Crippen LogP contribution in [0.3, 0.4) is 0 Å². The molecule has 1 rings (SSSR count). The second-order valence-electron chi connectivity index (χ2n) is 5.74. The molecule has 0 aliphatic heterocycles. The van der Waals surface area contributed by atoms with Gasteiger partial charge in [0, 0.05) is 18.7 Å². The largest absolute Gasteiger partial charge is 0.497 e. The lowest BCUT2D eigenvalue weighted by Gasteiger charge is -2.08. The van der Waals surface area contributed by atoms with Crippen LogP contribution >= 0.6 is 0 Å². The first-order valence-electron chi connectivity index (χ1n) is 7.99. The van der Waals surface area contributed by atoms with Crippen molar-refractivity contribution in [2.45, 2.75) is 13.8 Å². The van der Waals surface area contributed by atoms with E-state index in [0.29, 0.717) is 23.6 Å². The maximum absolute atomic E-state index is 11.7. The Bertz CT molecular complexity index is 647. The molecule has 142 valence electrons. The van der Waals surface area contributed by atoms with E-state index in [1.54, 1.807) is 18.2 Å². The number of methoxy groups -OCH3 is 2. The molecule has 0 aliphatic rings. The summed E-state index contributed by atoms with van der Waals surface area (Å²) in [5.74, 6) is -0.0251. The van der Waals surface area contributed by atoms with E-state index in [-0.39, 0.29) is 5.92 Å². The van der Waals surface area contributed by atoms with Gasteiger partial charge in [0.15, 0.2) is 6.61 Å². The number of benzene rings is 1. The molecular formula is C18H24N2O6. The Morgan fingerprint density at radius 3 is 2.23 bits per heavy atom. The second-order valence-corrected chi connectivity index (χ2v) is 5.74. The summed E-state index contributed by atoms with van der Waals surface area (Å²) in [6, 6.07) is 4.49.